The Bertz CT molecular complexity index is 496. The number of hydrogen-bond acceptors (Lipinski definition) is 3. The Morgan fingerprint density at radius 2 is 1.95 bits per heavy atom. The first-order valence-electron chi connectivity index (χ1n) is 6.01. The number of rotatable bonds is 5. The average molecular weight is 265 g/mol. The molecule has 5 heteroatoms. The van der Waals surface area contributed by atoms with Gasteiger partial charge in [0.15, 0.2) is 0 Å². The Morgan fingerprint density at radius 3 is 2.47 bits per heavy atom. The Kier molecular flexibility index (Phi) is 4.92. The van der Waals surface area contributed by atoms with Gasteiger partial charge in [-0.1, -0.05) is 6.07 Å². The molecule has 1 aromatic carbocycles. The minimum absolute atomic E-state index is 0.161. The van der Waals surface area contributed by atoms with E-state index < -0.39 is 12.0 Å². The topological polar surface area (TPSA) is 75.6 Å². The van der Waals surface area contributed by atoms with Gasteiger partial charge in [-0.2, -0.15) is 0 Å². The zero-order chi connectivity index (χ0) is 14.6. The summed E-state index contributed by atoms with van der Waals surface area (Å²) in [4.78, 5) is 22.4. The summed E-state index contributed by atoms with van der Waals surface area (Å²) >= 11 is 0. The van der Waals surface area contributed by atoms with Crippen LogP contribution < -0.4 is 10.1 Å². The average Bonchev–Trinajstić information content (AvgIpc) is 2.33. The first-order valence-corrected chi connectivity index (χ1v) is 6.01. The molecule has 5 nitrogen and oxygen atoms in total. The molecule has 0 spiro atoms. The van der Waals surface area contributed by atoms with E-state index in [9.17, 15) is 9.59 Å². The number of carbonyl (C=O) groups excluding carboxylic acids is 1. The van der Waals surface area contributed by atoms with Crippen molar-refractivity contribution in [2.24, 2.45) is 0 Å². The smallest absolute Gasteiger partial charge is 0.325 e. The normalized spacial score (nSPS) is 11.8. The molecule has 1 aromatic rings. The maximum atomic E-state index is 11.7. The van der Waals surface area contributed by atoms with Crippen molar-refractivity contribution in [3.05, 3.63) is 28.8 Å². The molecule has 0 saturated heterocycles. The maximum absolute atomic E-state index is 11.7. The molecular formula is C14H19NO4. The van der Waals surface area contributed by atoms with E-state index in [4.69, 9.17) is 9.84 Å². The number of methoxy groups -OCH3 is 1. The van der Waals surface area contributed by atoms with Gasteiger partial charge >= 0.3 is 5.97 Å². The van der Waals surface area contributed by atoms with Gasteiger partial charge in [-0.3, -0.25) is 9.59 Å². The van der Waals surface area contributed by atoms with E-state index >= 15 is 0 Å². The Hall–Kier alpha value is -2.04. The molecule has 0 aromatic heterocycles. The van der Waals surface area contributed by atoms with Gasteiger partial charge < -0.3 is 15.2 Å². The monoisotopic (exact) mass is 265 g/mol. The number of nitrogens with one attached hydrogen (secondary N) is 1. The summed E-state index contributed by atoms with van der Waals surface area (Å²) < 4.78 is 5.20. The lowest BCUT2D eigenvalue weighted by atomic mass is 10.0. The van der Waals surface area contributed by atoms with Crippen LogP contribution in [0.5, 0.6) is 5.75 Å². The lowest BCUT2D eigenvalue weighted by molar-refractivity contribution is -0.141. The first-order chi connectivity index (χ1) is 8.85. The maximum Gasteiger partial charge on any atom is 0.325 e. The molecule has 0 aliphatic carbocycles. The third-order valence-electron chi connectivity index (χ3n) is 2.95. The van der Waals surface area contributed by atoms with Gasteiger partial charge in [0.05, 0.1) is 13.5 Å². The predicted octanol–water partition coefficient (Wildman–Crippen LogP) is 1.44. The molecule has 19 heavy (non-hydrogen) atoms. The second kappa shape index (κ2) is 6.22. The van der Waals surface area contributed by atoms with Crippen LogP contribution in [0.1, 0.15) is 23.6 Å². The molecule has 1 rings (SSSR count). The van der Waals surface area contributed by atoms with E-state index in [1.807, 2.05) is 26.0 Å². The van der Waals surface area contributed by atoms with Crippen LogP contribution in [-0.2, 0) is 16.0 Å². The van der Waals surface area contributed by atoms with Crippen LogP contribution in [0, 0.1) is 13.8 Å². The lowest BCUT2D eigenvalue weighted by Crippen LogP contribution is -2.39. The van der Waals surface area contributed by atoms with E-state index in [-0.39, 0.29) is 12.3 Å². The number of carbonyl (C=O) groups is 2. The van der Waals surface area contributed by atoms with Gasteiger partial charge in [-0.05, 0) is 43.5 Å². The zero-order valence-corrected chi connectivity index (χ0v) is 11.6. The second-order valence-electron chi connectivity index (χ2n) is 4.55. The van der Waals surface area contributed by atoms with Gasteiger partial charge in [0.1, 0.15) is 11.8 Å². The second-order valence-corrected chi connectivity index (χ2v) is 4.55. The van der Waals surface area contributed by atoms with Crippen LogP contribution in [0.25, 0.3) is 0 Å². The Labute approximate surface area is 112 Å². The standard InChI is InChI=1S/C14H19NO4/c1-8-6-12(19-4)9(2)5-11(8)7-13(16)15-10(3)14(17)18/h5-6,10H,7H2,1-4H3,(H,15,16)(H,17,18). The highest BCUT2D eigenvalue weighted by molar-refractivity contribution is 5.84. The molecule has 1 atom stereocenters. The van der Waals surface area contributed by atoms with Crippen molar-refractivity contribution in [1.29, 1.82) is 0 Å². The molecule has 0 heterocycles. The minimum Gasteiger partial charge on any atom is -0.496 e. The van der Waals surface area contributed by atoms with Gasteiger partial charge in [0, 0.05) is 0 Å². The van der Waals surface area contributed by atoms with Crippen LogP contribution in [0.3, 0.4) is 0 Å². The van der Waals surface area contributed by atoms with Crippen molar-refractivity contribution in [1.82, 2.24) is 5.32 Å². The van der Waals surface area contributed by atoms with Gasteiger partial charge in [0.2, 0.25) is 5.91 Å². The molecule has 0 aliphatic heterocycles. The SMILES string of the molecule is COc1cc(C)c(CC(=O)NC(C)C(=O)O)cc1C. The quantitative estimate of drug-likeness (QED) is 0.844. The summed E-state index contributed by atoms with van der Waals surface area (Å²) in [5, 5.41) is 11.2. The number of aliphatic carboxylic acids is 1. The van der Waals surface area contributed by atoms with Crippen LogP contribution in [-0.4, -0.2) is 30.1 Å². The lowest BCUT2D eigenvalue weighted by Gasteiger charge is -2.13. The highest BCUT2D eigenvalue weighted by atomic mass is 16.5. The summed E-state index contributed by atoms with van der Waals surface area (Å²) in [5.74, 6) is -0.570. The molecule has 1 amide bonds. The van der Waals surface area contributed by atoms with Crippen LogP contribution in [0.2, 0.25) is 0 Å². The Balaban J connectivity index is 2.80. The molecule has 0 fully saturated rings. The minimum atomic E-state index is -1.05. The summed E-state index contributed by atoms with van der Waals surface area (Å²) in [7, 11) is 1.60. The molecule has 0 bridgehead atoms. The summed E-state index contributed by atoms with van der Waals surface area (Å²) in [6.45, 7) is 5.23. The van der Waals surface area contributed by atoms with Crippen LogP contribution in [0.15, 0.2) is 12.1 Å². The summed E-state index contributed by atoms with van der Waals surface area (Å²) in [6.07, 6.45) is 0.161. The van der Waals surface area contributed by atoms with E-state index in [2.05, 4.69) is 5.32 Å². The third kappa shape index (κ3) is 3.98. The zero-order valence-electron chi connectivity index (χ0n) is 11.6. The van der Waals surface area contributed by atoms with Crippen molar-refractivity contribution >= 4 is 11.9 Å². The fourth-order valence-corrected chi connectivity index (χ4v) is 1.79. The number of carboxylic acids is 1. The highest BCUT2D eigenvalue weighted by Gasteiger charge is 2.15. The van der Waals surface area contributed by atoms with Crippen LogP contribution in [0.4, 0.5) is 0 Å². The predicted molar refractivity (Wildman–Crippen MR) is 71.4 cm³/mol. The van der Waals surface area contributed by atoms with Gasteiger partial charge in [-0.25, -0.2) is 0 Å². The number of hydrogen-bond donors (Lipinski definition) is 2. The molecule has 0 radical (unpaired) electrons. The van der Waals surface area contributed by atoms with Gasteiger partial charge in [0.25, 0.3) is 0 Å². The Morgan fingerprint density at radius 1 is 1.32 bits per heavy atom. The fourth-order valence-electron chi connectivity index (χ4n) is 1.79. The van der Waals surface area contributed by atoms with Crippen molar-refractivity contribution in [3.63, 3.8) is 0 Å². The fraction of sp³-hybridized carbons (Fsp3) is 0.429. The molecule has 0 aliphatic rings. The molecule has 0 saturated carbocycles. The van der Waals surface area contributed by atoms with E-state index in [1.165, 1.54) is 6.92 Å². The largest absolute Gasteiger partial charge is 0.496 e. The first kappa shape index (κ1) is 15.0. The van der Waals surface area contributed by atoms with Crippen molar-refractivity contribution < 1.29 is 19.4 Å². The van der Waals surface area contributed by atoms with Crippen molar-refractivity contribution in [3.8, 4) is 5.75 Å². The van der Waals surface area contributed by atoms with E-state index in [1.54, 1.807) is 7.11 Å². The molecule has 104 valence electrons. The molecule has 2 N–H and O–H groups in total. The highest BCUT2D eigenvalue weighted by Crippen LogP contribution is 2.22. The molecular weight excluding hydrogens is 246 g/mol. The number of benzene rings is 1. The van der Waals surface area contributed by atoms with E-state index in [0.29, 0.717) is 0 Å². The summed E-state index contributed by atoms with van der Waals surface area (Å²) in [6, 6.07) is 2.88. The number of aryl methyl sites for hydroxylation is 2. The van der Waals surface area contributed by atoms with Gasteiger partial charge in [-0.15, -0.1) is 0 Å². The van der Waals surface area contributed by atoms with Crippen LogP contribution >= 0.6 is 0 Å². The summed E-state index contributed by atoms with van der Waals surface area (Å²) in [5.41, 5.74) is 2.76. The number of amides is 1. The number of ether oxygens (including phenoxy) is 1. The van der Waals surface area contributed by atoms with Crippen molar-refractivity contribution in [2.45, 2.75) is 33.2 Å². The van der Waals surface area contributed by atoms with Crippen molar-refractivity contribution in [2.75, 3.05) is 7.11 Å². The number of carboxylic acid groups (broad SMARTS) is 1. The van der Waals surface area contributed by atoms with E-state index in [0.717, 1.165) is 22.4 Å². The third-order valence-corrected chi connectivity index (χ3v) is 2.95. The molecule has 1 unspecified atom stereocenters.